The predicted molar refractivity (Wildman–Crippen MR) is 92.7 cm³/mol. The van der Waals surface area contributed by atoms with E-state index in [1.54, 1.807) is 6.20 Å². The van der Waals surface area contributed by atoms with Crippen LogP contribution in [0.4, 0.5) is 4.79 Å². The van der Waals surface area contributed by atoms with Crippen molar-refractivity contribution in [3.63, 3.8) is 0 Å². The first-order chi connectivity index (χ1) is 12.4. The molecule has 1 aromatic rings. The molecule has 0 radical (unpaired) electrons. The second-order valence-electron chi connectivity index (χ2n) is 7.50. The molecule has 9 heteroatoms. The largest absolute Gasteiger partial charge is 0.368 e. The lowest BCUT2D eigenvalue weighted by atomic mass is 9.81. The van der Waals surface area contributed by atoms with E-state index in [4.69, 9.17) is 5.73 Å². The molecule has 0 spiro atoms. The van der Waals surface area contributed by atoms with Crippen LogP contribution in [0.5, 0.6) is 0 Å². The molecule has 1 saturated carbocycles. The quantitative estimate of drug-likeness (QED) is 0.681. The summed E-state index contributed by atoms with van der Waals surface area (Å²) in [4.78, 5) is 36.9. The number of amides is 4. The fourth-order valence-electron chi connectivity index (χ4n) is 3.94. The van der Waals surface area contributed by atoms with Crippen molar-refractivity contribution in [3.8, 4) is 0 Å². The molecule has 0 bridgehead atoms. The summed E-state index contributed by atoms with van der Waals surface area (Å²) in [6, 6.07) is -0.972. The Balaban J connectivity index is 1.53. The molecular formula is C17H26N6O3. The van der Waals surface area contributed by atoms with Crippen LogP contribution in [-0.2, 0) is 22.6 Å². The van der Waals surface area contributed by atoms with E-state index in [1.165, 1.54) is 35.3 Å². The van der Waals surface area contributed by atoms with Crippen molar-refractivity contribution in [2.24, 2.45) is 17.6 Å². The number of hydrogen-bond donors (Lipinski definition) is 2. The van der Waals surface area contributed by atoms with Crippen LogP contribution in [0.3, 0.4) is 0 Å². The van der Waals surface area contributed by atoms with Crippen molar-refractivity contribution in [2.75, 3.05) is 6.54 Å². The zero-order valence-corrected chi connectivity index (χ0v) is 15.1. The van der Waals surface area contributed by atoms with Gasteiger partial charge in [-0.3, -0.25) is 14.5 Å². The Morgan fingerprint density at radius 2 is 2.19 bits per heavy atom. The number of imide groups is 1. The van der Waals surface area contributed by atoms with E-state index in [0.717, 1.165) is 12.3 Å². The number of nitrogens with one attached hydrogen (secondary N) is 1. The summed E-state index contributed by atoms with van der Waals surface area (Å²) in [5.74, 6) is 0.581. The molecule has 26 heavy (non-hydrogen) atoms. The smallest absolute Gasteiger partial charge is 0.324 e. The van der Waals surface area contributed by atoms with Crippen LogP contribution in [-0.4, -0.2) is 50.3 Å². The van der Waals surface area contributed by atoms with Crippen molar-refractivity contribution >= 4 is 17.8 Å². The Morgan fingerprint density at radius 3 is 2.92 bits per heavy atom. The average molecular weight is 362 g/mol. The summed E-state index contributed by atoms with van der Waals surface area (Å²) >= 11 is 0. The van der Waals surface area contributed by atoms with Gasteiger partial charge in [0.2, 0.25) is 5.91 Å². The molecule has 1 saturated heterocycles. The molecule has 2 heterocycles. The molecule has 1 aliphatic carbocycles. The summed E-state index contributed by atoms with van der Waals surface area (Å²) < 4.78 is 1.32. The first-order valence-electron chi connectivity index (χ1n) is 9.21. The number of rotatable bonds is 7. The van der Waals surface area contributed by atoms with Gasteiger partial charge in [0.25, 0.3) is 5.91 Å². The molecule has 142 valence electrons. The van der Waals surface area contributed by atoms with Gasteiger partial charge >= 0.3 is 6.03 Å². The Morgan fingerprint density at radius 1 is 1.38 bits per heavy atom. The minimum atomic E-state index is -0.633. The van der Waals surface area contributed by atoms with Crippen molar-refractivity contribution in [2.45, 2.75) is 58.0 Å². The van der Waals surface area contributed by atoms with E-state index in [9.17, 15) is 14.4 Å². The molecule has 4 amide bonds. The number of urea groups is 1. The number of nitrogens with zero attached hydrogens (tertiary/aromatic N) is 4. The van der Waals surface area contributed by atoms with E-state index in [0.29, 0.717) is 18.2 Å². The molecular weight excluding hydrogens is 336 g/mol. The van der Waals surface area contributed by atoms with Crippen LogP contribution < -0.4 is 11.1 Å². The van der Waals surface area contributed by atoms with Crippen molar-refractivity contribution in [3.05, 3.63) is 11.9 Å². The normalized spacial score (nSPS) is 26.2. The van der Waals surface area contributed by atoms with E-state index in [2.05, 4.69) is 22.6 Å². The van der Waals surface area contributed by atoms with E-state index < -0.39 is 11.9 Å². The molecule has 2 fully saturated rings. The number of aromatic nitrogens is 3. The van der Waals surface area contributed by atoms with Gasteiger partial charge < -0.3 is 11.1 Å². The number of carbonyl (C=O) groups excluding carboxylic acids is 3. The molecule has 2 aliphatic rings. The van der Waals surface area contributed by atoms with E-state index in [1.807, 2.05) is 0 Å². The zero-order valence-electron chi connectivity index (χ0n) is 15.1. The molecule has 0 aromatic carbocycles. The highest BCUT2D eigenvalue weighted by Gasteiger charge is 2.38. The predicted octanol–water partition coefficient (Wildman–Crippen LogP) is 0.443. The Labute approximate surface area is 152 Å². The van der Waals surface area contributed by atoms with Crippen molar-refractivity contribution < 1.29 is 14.4 Å². The molecule has 3 atom stereocenters. The Kier molecular flexibility index (Phi) is 5.53. The van der Waals surface area contributed by atoms with Crippen LogP contribution in [0.15, 0.2) is 6.20 Å². The van der Waals surface area contributed by atoms with Gasteiger partial charge in [-0.1, -0.05) is 31.4 Å². The maximum Gasteiger partial charge on any atom is 0.324 e. The Hall–Kier alpha value is -2.45. The van der Waals surface area contributed by atoms with Crippen LogP contribution in [0.2, 0.25) is 0 Å². The van der Waals surface area contributed by atoms with Crippen LogP contribution in [0.1, 0.15) is 44.7 Å². The minimum Gasteiger partial charge on any atom is -0.368 e. The zero-order chi connectivity index (χ0) is 18.7. The van der Waals surface area contributed by atoms with Gasteiger partial charge in [-0.05, 0) is 24.7 Å². The van der Waals surface area contributed by atoms with Crippen LogP contribution in [0.25, 0.3) is 0 Å². The highest BCUT2D eigenvalue weighted by atomic mass is 16.2. The monoisotopic (exact) mass is 362 g/mol. The van der Waals surface area contributed by atoms with Gasteiger partial charge in [0.05, 0.1) is 5.69 Å². The van der Waals surface area contributed by atoms with Gasteiger partial charge in [-0.25, -0.2) is 9.48 Å². The summed E-state index contributed by atoms with van der Waals surface area (Å²) in [5.41, 5.74) is 5.65. The summed E-state index contributed by atoms with van der Waals surface area (Å²) in [6.45, 7) is 2.66. The van der Waals surface area contributed by atoms with Crippen LogP contribution in [0, 0.1) is 11.8 Å². The molecule has 1 aromatic heterocycles. The summed E-state index contributed by atoms with van der Waals surface area (Å²) in [7, 11) is 0. The molecule has 3 rings (SSSR count). The second-order valence-corrected chi connectivity index (χ2v) is 7.50. The van der Waals surface area contributed by atoms with Crippen LogP contribution >= 0.6 is 0 Å². The average Bonchev–Trinajstić information content (AvgIpc) is 3.10. The Bertz CT molecular complexity index is 688. The lowest BCUT2D eigenvalue weighted by Gasteiger charge is -2.27. The summed E-state index contributed by atoms with van der Waals surface area (Å²) in [5, 5.41) is 10.4. The fraction of sp³-hybridized carbons (Fsp3) is 0.706. The number of nitrogens with two attached hydrogens (primary N) is 1. The molecule has 1 aliphatic heterocycles. The van der Waals surface area contributed by atoms with Gasteiger partial charge in [0, 0.05) is 19.2 Å². The van der Waals surface area contributed by atoms with E-state index in [-0.39, 0.29) is 24.9 Å². The first-order valence-corrected chi connectivity index (χ1v) is 9.21. The highest BCUT2D eigenvalue weighted by Crippen LogP contribution is 2.31. The third-order valence-corrected chi connectivity index (χ3v) is 5.23. The maximum absolute atomic E-state index is 12.6. The fourth-order valence-corrected chi connectivity index (χ4v) is 3.94. The van der Waals surface area contributed by atoms with Gasteiger partial charge in [0.1, 0.15) is 12.6 Å². The van der Waals surface area contributed by atoms with Gasteiger partial charge in [-0.2, -0.15) is 0 Å². The minimum absolute atomic E-state index is 0.0656. The number of hydrogen-bond acceptors (Lipinski definition) is 5. The van der Waals surface area contributed by atoms with E-state index >= 15 is 0 Å². The number of primary amides is 1. The lowest BCUT2D eigenvalue weighted by Crippen LogP contribution is -2.34. The third kappa shape index (κ3) is 4.39. The lowest BCUT2D eigenvalue weighted by molar-refractivity contribution is -0.127. The SMILES string of the molecule is C[C@@H]1CCC[C@@H](CCN2C(=O)N[C@H](Cc3cn(CC(N)=O)nn3)C2=O)C1. The second kappa shape index (κ2) is 7.84. The van der Waals surface area contributed by atoms with Gasteiger partial charge in [0.15, 0.2) is 0 Å². The number of carbonyl (C=O) groups is 3. The molecule has 3 N–H and O–H groups in total. The highest BCUT2D eigenvalue weighted by molar-refractivity contribution is 6.04. The summed E-state index contributed by atoms with van der Waals surface area (Å²) in [6.07, 6.45) is 7.55. The first kappa shape index (κ1) is 18.3. The van der Waals surface area contributed by atoms with Crippen molar-refractivity contribution in [1.82, 2.24) is 25.2 Å². The molecule has 9 nitrogen and oxygen atoms in total. The molecule has 0 unspecified atom stereocenters. The van der Waals surface area contributed by atoms with Crippen molar-refractivity contribution in [1.29, 1.82) is 0 Å². The third-order valence-electron chi connectivity index (χ3n) is 5.23. The van der Waals surface area contributed by atoms with Gasteiger partial charge in [-0.15, -0.1) is 5.10 Å². The standard InChI is InChI=1S/C17H26N6O3/c1-11-3-2-4-12(7-11)5-6-23-16(25)14(19-17(23)26)8-13-9-22(21-20-13)10-15(18)24/h9,11-12,14H,2-8,10H2,1H3,(H2,18,24)(H,19,26)/t11-,12+,14-/m1/s1. The topological polar surface area (TPSA) is 123 Å². The maximum atomic E-state index is 12.6.